The number of Topliss-reactive ketones (excluding diaryl/α,β-unsaturated/α-hetero) is 1. The number of aryl methyl sites for hydroxylation is 1. The molecule has 0 amide bonds. The lowest BCUT2D eigenvalue weighted by atomic mass is 10.1. The van der Waals surface area contributed by atoms with E-state index >= 15 is 0 Å². The molecule has 0 aliphatic carbocycles. The summed E-state index contributed by atoms with van der Waals surface area (Å²) >= 11 is 3.36. The normalized spacial score (nSPS) is 10.1. The predicted octanol–water partition coefficient (Wildman–Crippen LogP) is 3.57. The summed E-state index contributed by atoms with van der Waals surface area (Å²) in [7, 11) is 1.48. The topological polar surface area (TPSA) is 61.8 Å². The van der Waals surface area contributed by atoms with Gasteiger partial charge in [-0.2, -0.15) is 0 Å². The molecule has 0 fully saturated rings. The van der Waals surface area contributed by atoms with Crippen molar-refractivity contribution in [3.05, 3.63) is 58.1 Å². The van der Waals surface area contributed by atoms with Gasteiger partial charge in [0.05, 0.1) is 17.1 Å². The van der Waals surface area contributed by atoms with E-state index in [-0.39, 0.29) is 19.0 Å². The van der Waals surface area contributed by atoms with Gasteiger partial charge >= 0.3 is 5.97 Å². The van der Waals surface area contributed by atoms with Crippen LogP contribution in [-0.4, -0.2) is 32.1 Å². The van der Waals surface area contributed by atoms with Crippen molar-refractivity contribution in [2.24, 2.45) is 0 Å². The maximum Gasteiger partial charge on any atom is 0.344 e. The molecule has 0 heterocycles. The van der Waals surface area contributed by atoms with Crippen molar-refractivity contribution in [3.8, 4) is 11.5 Å². The van der Waals surface area contributed by atoms with Gasteiger partial charge in [0, 0.05) is 0 Å². The van der Waals surface area contributed by atoms with Crippen LogP contribution in [0, 0.1) is 6.92 Å². The highest BCUT2D eigenvalue weighted by Crippen LogP contribution is 2.25. The maximum absolute atomic E-state index is 12.1. The molecule has 0 aromatic heterocycles. The highest BCUT2D eigenvalue weighted by atomic mass is 79.9. The molecular weight excluding hydrogens is 376 g/mol. The molecule has 0 radical (unpaired) electrons. The molecule has 5 nitrogen and oxygen atoms in total. The number of methoxy groups -OCH3 is 1. The number of ether oxygens (including phenoxy) is 3. The van der Waals surface area contributed by atoms with Crippen LogP contribution in [0.1, 0.15) is 15.9 Å². The third-order valence-electron chi connectivity index (χ3n) is 3.20. The fourth-order valence-electron chi connectivity index (χ4n) is 2.00. The third-order valence-corrected chi connectivity index (χ3v) is 3.82. The van der Waals surface area contributed by atoms with Gasteiger partial charge in [-0.1, -0.05) is 18.2 Å². The van der Waals surface area contributed by atoms with Crippen molar-refractivity contribution >= 4 is 27.7 Å². The van der Waals surface area contributed by atoms with E-state index in [0.717, 1.165) is 10.0 Å². The summed E-state index contributed by atoms with van der Waals surface area (Å²) in [6, 6.07) is 12.3. The summed E-state index contributed by atoms with van der Waals surface area (Å²) in [6.07, 6.45) is 0. The number of benzene rings is 2. The van der Waals surface area contributed by atoms with E-state index in [1.165, 1.54) is 7.11 Å². The number of hydrogen-bond donors (Lipinski definition) is 0. The number of rotatable bonds is 7. The number of halogens is 1. The highest BCUT2D eigenvalue weighted by Gasteiger charge is 2.14. The smallest absolute Gasteiger partial charge is 0.344 e. The lowest BCUT2D eigenvalue weighted by molar-refractivity contribution is -0.144. The molecule has 0 aliphatic rings. The average Bonchev–Trinajstić information content (AvgIpc) is 2.58. The average molecular weight is 393 g/mol. The molecule has 0 saturated heterocycles. The fraction of sp³-hybridized carbons (Fsp3) is 0.222. The summed E-state index contributed by atoms with van der Waals surface area (Å²) < 4.78 is 16.2. The Labute approximate surface area is 148 Å². The minimum atomic E-state index is -0.620. The molecule has 24 heavy (non-hydrogen) atoms. The predicted molar refractivity (Wildman–Crippen MR) is 92.7 cm³/mol. The molecule has 0 saturated carbocycles. The first kappa shape index (κ1) is 18.0. The van der Waals surface area contributed by atoms with Crippen LogP contribution in [0.15, 0.2) is 46.9 Å². The number of ketones is 1. The van der Waals surface area contributed by atoms with Gasteiger partial charge in [0.25, 0.3) is 0 Å². The van der Waals surface area contributed by atoms with Gasteiger partial charge in [0.2, 0.25) is 5.78 Å². The lowest BCUT2D eigenvalue weighted by Crippen LogP contribution is -2.20. The van der Waals surface area contributed by atoms with Crippen molar-refractivity contribution in [2.45, 2.75) is 6.92 Å². The molecule has 126 valence electrons. The standard InChI is InChI=1S/C18H17BrO5/c1-12-7-8-17(14(19)9-12)23-11-18(21)24-10-15(20)13-5-3-4-6-16(13)22-2/h3-9H,10-11H2,1-2H3. The van der Waals surface area contributed by atoms with Gasteiger partial charge < -0.3 is 14.2 Å². The van der Waals surface area contributed by atoms with Gasteiger partial charge in [-0.25, -0.2) is 4.79 Å². The van der Waals surface area contributed by atoms with Crippen molar-refractivity contribution in [2.75, 3.05) is 20.3 Å². The Morgan fingerprint density at radius 2 is 1.79 bits per heavy atom. The van der Waals surface area contributed by atoms with Crippen molar-refractivity contribution in [1.29, 1.82) is 0 Å². The van der Waals surface area contributed by atoms with Crippen LogP contribution in [0.25, 0.3) is 0 Å². The van der Waals surface area contributed by atoms with E-state index in [9.17, 15) is 9.59 Å². The summed E-state index contributed by atoms with van der Waals surface area (Å²) in [6.45, 7) is 1.31. The number of carbonyl (C=O) groups excluding carboxylic acids is 2. The maximum atomic E-state index is 12.1. The van der Waals surface area contributed by atoms with E-state index in [0.29, 0.717) is 17.1 Å². The van der Waals surface area contributed by atoms with Gasteiger partial charge in [-0.3, -0.25) is 4.79 Å². The molecule has 0 atom stereocenters. The van der Waals surface area contributed by atoms with Crippen molar-refractivity contribution in [1.82, 2.24) is 0 Å². The van der Waals surface area contributed by atoms with Gasteiger partial charge in [-0.15, -0.1) is 0 Å². The van der Waals surface area contributed by atoms with E-state index in [1.54, 1.807) is 30.3 Å². The number of para-hydroxylation sites is 1. The van der Waals surface area contributed by atoms with Crippen LogP contribution < -0.4 is 9.47 Å². The molecule has 0 aliphatic heterocycles. The van der Waals surface area contributed by atoms with Crippen LogP contribution in [-0.2, 0) is 9.53 Å². The lowest BCUT2D eigenvalue weighted by Gasteiger charge is -2.10. The summed E-state index contributed by atoms with van der Waals surface area (Å²) in [5.41, 5.74) is 1.44. The van der Waals surface area contributed by atoms with Crippen LogP contribution in [0.2, 0.25) is 0 Å². The number of carbonyl (C=O) groups is 2. The summed E-state index contributed by atoms with van der Waals surface area (Å²) in [5, 5.41) is 0. The molecule has 0 spiro atoms. The van der Waals surface area contributed by atoms with Gasteiger partial charge in [-0.05, 0) is 52.7 Å². The molecule has 0 bridgehead atoms. The first-order valence-electron chi connectivity index (χ1n) is 7.22. The largest absolute Gasteiger partial charge is 0.496 e. The zero-order chi connectivity index (χ0) is 17.5. The molecule has 2 aromatic rings. The monoisotopic (exact) mass is 392 g/mol. The second kappa shape index (κ2) is 8.49. The minimum Gasteiger partial charge on any atom is -0.496 e. The number of hydrogen-bond acceptors (Lipinski definition) is 5. The van der Waals surface area contributed by atoms with E-state index in [2.05, 4.69) is 15.9 Å². The SMILES string of the molecule is COc1ccccc1C(=O)COC(=O)COc1ccc(C)cc1Br. The van der Waals surface area contributed by atoms with Crippen molar-refractivity contribution in [3.63, 3.8) is 0 Å². The Kier molecular flexibility index (Phi) is 6.37. The van der Waals surface area contributed by atoms with E-state index in [4.69, 9.17) is 14.2 Å². The molecule has 6 heteroatoms. The van der Waals surface area contributed by atoms with Crippen LogP contribution >= 0.6 is 15.9 Å². The number of esters is 1. The van der Waals surface area contributed by atoms with Crippen molar-refractivity contribution < 1.29 is 23.8 Å². The Bertz CT molecular complexity index is 742. The Balaban J connectivity index is 1.85. The molecule has 2 rings (SSSR count). The zero-order valence-electron chi connectivity index (χ0n) is 13.4. The first-order chi connectivity index (χ1) is 11.5. The van der Waals surface area contributed by atoms with Crippen LogP contribution in [0.3, 0.4) is 0 Å². The Hall–Kier alpha value is -2.34. The highest BCUT2D eigenvalue weighted by molar-refractivity contribution is 9.10. The van der Waals surface area contributed by atoms with E-state index in [1.807, 2.05) is 19.1 Å². The fourth-order valence-corrected chi connectivity index (χ4v) is 2.61. The second-order valence-corrected chi connectivity index (χ2v) is 5.86. The third kappa shape index (κ3) is 4.83. The van der Waals surface area contributed by atoms with Gasteiger partial charge in [0.1, 0.15) is 11.5 Å². The molecule has 0 N–H and O–H groups in total. The van der Waals surface area contributed by atoms with Crippen LogP contribution in [0.5, 0.6) is 11.5 Å². The minimum absolute atomic E-state index is 0.277. The second-order valence-electron chi connectivity index (χ2n) is 5.01. The van der Waals surface area contributed by atoms with E-state index < -0.39 is 5.97 Å². The molecule has 0 unspecified atom stereocenters. The van der Waals surface area contributed by atoms with Crippen LogP contribution in [0.4, 0.5) is 0 Å². The Morgan fingerprint density at radius 3 is 2.50 bits per heavy atom. The molecule has 2 aromatic carbocycles. The van der Waals surface area contributed by atoms with Gasteiger partial charge in [0.15, 0.2) is 13.2 Å². The molecular formula is C18H17BrO5. The summed E-state index contributed by atoms with van der Waals surface area (Å²) in [4.78, 5) is 23.8. The zero-order valence-corrected chi connectivity index (χ0v) is 15.0. The Morgan fingerprint density at radius 1 is 1.04 bits per heavy atom. The first-order valence-corrected chi connectivity index (χ1v) is 8.01. The quantitative estimate of drug-likeness (QED) is 0.532. The summed E-state index contributed by atoms with van der Waals surface area (Å²) in [5.74, 6) is 0.0232.